The Kier molecular flexibility index (Phi) is 3.93. The largest absolute Gasteiger partial charge is 0.466 e. The summed E-state index contributed by atoms with van der Waals surface area (Å²) in [5.74, 6) is 0.0712. The van der Waals surface area contributed by atoms with Gasteiger partial charge in [0.25, 0.3) is 0 Å². The molecule has 0 aliphatic heterocycles. The standard InChI is InChI=1S/C10H15FO2/c1-2-13-10(12)7-8-3-5-9(11)6-4-8/h5,8H,2-4,6-7H2,1H3. The summed E-state index contributed by atoms with van der Waals surface area (Å²) >= 11 is 0. The number of allylic oxidation sites excluding steroid dienone is 2. The number of halogens is 1. The molecule has 0 N–H and O–H groups in total. The lowest BCUT2D eigenvalue weighted by Crippen LogP contribution is -2.13. The van der Waals surface area contributed by atoms with Gasteiger partial charge in [-0.3, -0.25) is 4.79 Å². The molecule has 0 saturated heterocycles. The van der Waals surface area contributed by atoms with Crippen molar-refractivity contribution in [3.8, 4) is 0 Å². The van der Waals surface area contributed by atoms with Gasteiger partial charge in [-0.1, -0.05) is 6.08 Å². The fourth-order valence-electron chi connectivity index (χ4n) is 1.50. The molecule has 0 aromatic rings. The highest BCUT2D eigenvalue weighted by atomic mass is 19.1. The first kappa shape index (κ1) is 10.2. The smallest absolute Gasteiger partial charge is 0.306 e. The van der Waals surface area contributed by atoms with E-state index >= 15 is 0 Å². The molecule has 0 spiro atoms. The van der Waals surface area contributed by atoms with Crippen LogP contribution in [0.4, 0.5) is 4.39 Å². The van der Waals surface area contributed by atoms with Crippen molar-refractivity contribution in [2.45, 2.75) is 32.6 Å². The lowest BCUT2D eigenvalue weighted by atomic mass is 9.91. The van der Waals surface area contributed by atoms with E-state index in [4.69, 9.17) is 4.74 Å². The topological polar surface area (TPSA) is 26.3 Å². The minimum Gasteiger partial charge on any atom is -0.466 e. The van der Waals surface area contributed by atoms with Gasteiger partial charge in [0, 0.05) is 6.42 Å². The molecule has 1 aliphatic rings. The van der Waals surface area contributed by atoms with Crippen LogP contribution in [0, 0.1) is 5.92 Å². The summed E-state index contributed by atoms with van der Waals surface area (Å²) in [6, 6.07) is 0. The molecule has 0 aromatic carbocycles. The molecule has 1 aliphatic carbocycles. The van der Waals surface area contributed by atoms with Crippen LogP contribution in [0.25, 0.3) is 0 Å². The second-order valence-corrected chi connectivity index (χ2v) is 3.30. The van der Waals surface area contributed by atoms with Gasteiger partial charge in [-0.15, -0.1) is 0 Å². The van der Waals surface area contributed by atoms with E-state index in [1.54, 1.807) is 13.0 Å². The van der Waals surface area contributed by atoms with Crippen LogP contribution in [0.2, 0.25) is 0 Å². The maximum atomic E-state index is 12.6. The molecule has 0 heterocycles. The number of ether oxygens (including phenoxy) is 1. The third kappa shape index (κ3) is 3.57. The molecule has 0 amide bonds. The number of esters is 1. The Balaban J connectivity index is 2.27. The Morgan fingerprint density at radius 2 is 2.54 bits per heavy atom. The Labute approximate surface area is 77.8 Å². The van der Waals surface area contributed by atoms with Crippen molar-refractivity contribution in [2.24, 2.45) is 5.92 Å². The molecule has 0 fully saturated rings. The predicted octanol–water partition coefficient (Wildman–Crippen LogP) is 2.59. The lowest BCUT2D eigenvalue weighted by Gasteiger charge is -2.17. The molecular weight excluding hydrogens is 171 g/mol. The fourth-order valence-corrected chi connectivity index (χ4v) is 1.50. The van der Waals surface area contributed by atoms with Crippen LogP contribution >= 0.6 is 0 Å². The van der Waals surface area contributed by atoms with E-state index in [0.29, 0.717) is 25.9 Å². The normalized spacial score (nSPS) is 22.3. The quantitative estimate of drug-likeness (QED) is 0.633. The van der Waals surface area contributed by atoms with Crippen LogP contribution in [0.15, 0.2) is 11.9 Å². The van der Waals surface area contributed by atoms with Crippen LogP contribution in [0.1, 0.15) is 32.6 Å². The summed E-state index contributed by atoms with van der Waals surface area (Å²) in [5.41, 5.74) is 0. The van der Waals surface area contributed by atoms with Gasteiger partial charge < -0.3 is 4.74 Å². The Hall–Kier alpha value is -0.860. The highest BCUT2D eigenvalue weighted by Crippen LogP contribution is 2.26. The zero-order valence-corrected chi connectivity index (χ0v) is 7.88. The van der Waals surface area contributed by atoms with Crippen LogP contribution in [-0.2, 0) is 9.53 Å². The predicted molar refractivity (Wildman–Crippen MR) is 47.8 cm³/mol. The summed E-state index contributed by atoms with van der Waals surface area (Å²) < 4.78 is 17.4. The maximum absolute atomic E-state index is 12.6. The molecule has 3 heteroatoms. The van der Waals surface area contributed by atoms with Crippen molar-refractivity contribution in [1.82, 2.24) is 0 Å². The van der Waals surface area contributed by atoms with E-state index in [-0.39, 0.29) is 17.7 Å². The first-order valence-electron chi connectivity index (χ1n) is 4.72. The number of hydrogen-bond acceptors (Lipinski definition) is 2. The zero-order valence-electron chi connectivity index (χ0n) is 7.88. The molecule has 1 rings (SSSR count). The molecule has 0 saturated carbocycles. The van der Waals surface area contributed by atoms with Gasteiger partial charge in [0.05, 0.1) is 12.4 Å². The molecule has 0 aromatic heterocycles. The SMILES string of the molecule is CCOC(=O)CC1CC=C(F)CC1. The molecule has 13 heavy (non-hydrogen) atoms. The van der Waals surface area contributed by atoms with Crippen molar-refractivity contribution >= 4 is 5.97 Å². The molecule has 1 atom stereocenters. The number of carbonyl (C=O) groups excluding carboxylic acids is 1. The molecule has 0 bridgehead atoms. The average Bonchev–Trinajstić information content (AvgIpc) is 2.09. The first-order chi connectivity index (χ1) is 6.22. The van der Waals surface area contributed by atoms with Gasteiger partial charge in [0.15, 0.2) is 0 Å². The zero-order chi connectivity index (χ0) is 9.68. The summed E-state index contributed by atoms with van der Waals surface area (Å²) in [6.45, 7) is 2.22. The van der Waals surface area contributed by atoms with Crippen molar-refractivity contribution in [2.75, 3.05) is 6.61 Å². The molecule has 2 nitrogen and oxygen atoms in total. The van der Waals surface area contributed by atoms with Crippen molar-refractivity contribution in [1.29, 1.82) is 0 Å². The van der Waals surface area contributed by atoms with Crippen molar-refractivity contribution < 1.29 is 13.9 Å². The Bertz CT molecular complexity index is 211. The minimum atomic E-state index is -0.164. The van der Waals surface area contributed by atoms with Crippen LogP contribution in [0.5, 0.6) is 0 Å². The molecular formula is C10H15FO2. The van der Waals surface area contributed by atoms with E-state index in [1.807, 2.05) is 0 Å². The third-order valence-corrected chi connectivity index (χ3v) is 2.22. The van der Waals surface area contributed by atoms with E-state index in [2.05, 4.69) is 0 Å². The maximum Gasteiger partial charge on any atom is 0.306 e. The lowest BCUT2D eigenvalue weighted by molar-refractivity contribution is -0.144. The second kappa shape index (κ2) is 5.00. The van der Waals surface area contributed by atoms with Gasteiger partial charge in [-0.05, 0) is 32.1 Å². The summed E-state index contributed by atoms with van der Waals surface area (Å²) in [5, 5.41) is 0. The van der Waals surface area contributed by atoms with E-state index in [0.717, 1.165) is 6.42 Å². The Morgan fingerprint density at radius 1 is 1.77 bits per heavy atom. The highest BCUT2D eigenvalue weighted by molar-refractivity contribution is 5.69. The van der Waals surface area contributed by atoms with Crippen molar-refractivity contribution in [3.05, 3.63) is 11.9 Å². The summed E-state index contributed by atoms with van der Waals surface area (Å²) in [6.07, 6.45) is 3.92. The van der Waals surface area contributed by atoms with Gasteiger partial charge in [-0.2, -0.15) is 0 Å². The van der Waals surface area contributed by atoms with Gasteiger partial charge in [0.2, 0.25) is 0 Å². The van der Waals surface area contributed by atoms with Gasteiger partial charge in [-0.25, -0.2) is 4.39 Å². The van der Waals surface area contributed by atoms with Crippen LogP contribution < -0.4 is 0 Å². The summed E-state index contributed by atoms with van der Waals surface area (Å²) in [7, 11) is 0. The highest BCUT2D eigenvalue weighted by Gasteiger charge is 2.17. The molecule has 1 unspecified atom stereocenters. The number of hydrogen-bond donors (Lipinski definition) is 0. The average molecular weight is 186 g/mol. The fraction of sp³-hybridized carbons (Fsp3) is 0.700. The molecule has 74 valence electrons. The second-order valence-electron chi connectivity index (χ2n) is 3.30. The van der Waals surface area contributed by atoms with Crippen molar-refractivity contribution in [3.63, 3.8) is 0 Å². The summed E-state index contributed by atoms with van der Waals surface area (Å²) in [4.78, 5) is 11.1. The first-order valence-corrected chi connectivity index (χ1v) is 4.72. The van der Waals surface area contributed by atoms with E-state index in [9.17, 15) is 9.18 Å². The Morgan fingerprint density at radius 3 is 3.08 bits per heavy atom. The van der Waals surface area contributed by atoms with E-state index in [1.165, 1.54) is 0 Å². The van der Waals surface area contributed by atoms with Crippen LogP contribution in [-0.4, -0.2) is 12.6 Å². The number of carbonyl (C=O) groups is 1. The van der Waals surface area contributed by atoms with Crippen LogP contribution in [0.3, 0.4) is 0 Å². The third-order valence-electron chi connectivity index (χ3n) is 2.22. The monoisotopic (exact) mass is 186 g/mol. The van der Waals surface area contributed by atoms with Gasteiger partial charge >= 0.3 is 5.97 Å². The minimum absolute atomic E-state index is 0.0416. The van der Waals surface area contributed by atoms with E-state index < -0.39 is 0 Å². The van der Waals surface area contributed by atoms with Gasteiger partial charge in [0.1, 0.15) is 0 Å². The number of rotatable bonds is 3. The molecule has 0 radical (unpaired) electrons.